The van der Waals surface area contributed by atoms with Crippen LogP contribution in [0.4, 0.5) is 13.2 Å². The third-order valence-electron chi connectivity index (χ3n) is 3.58. The SMILES string of the molecule is CSOCCSc1ccc2c3c(cccc13)C(=O)N(OSC(F)(F)F)C2=O. The summed E-state index contributed by atoms with van der Waals surface area (Å²) in [4.78, 5) is 25.9. The minimum absolute atomic E-state index is 0.118. The van der Waals surface area contributed by atoms with E-state index in [2.05, 4.69) is 4.28 Å². The summed E-state index contributed by atoms with van der Waals surface area (Å²) in [5, 5.41) is 1.25. The molecule has 0 unspecified atom stereocenters. The van der Waals surface area contributed by atoms with Crippen LogP contribution >= 0.6 is 35.8 Å². The second kappa shape index (κ2) is 8.31. The van der Waals surface area contributed by atoms with Crippen molar-refractivity contribution in [1.82, 2.24) is 5.06 Å². The molecule has 0 aliphatic carbocycles. The van der Waals surface area contributed by atoms with Crippen molar-refractivity contribution < 1.29 is 31.2 Å². The fourth-order valence-electron chi connectivity index (χ4n) is 2.59. The van der Waals surface area contributed by atoms with Crippen LogP contribution in [0, 0.1) is 0 Å². The maximum Gasteiger partial charge on any atom is 0.470 e. The quantitative estimate of drug-likeness (QED) is 0.265. The van der Waals surface area contributed by atoms with Crippen molar-refractivity contribution in [3.05, 3.63) is 41.5 Å². The van der Waals surface area contributed by atoms with Crippen LogP contribution in [0.15, 0.2) is 35.2 Å². The highest BCUT2D eigenvalue weighted by Gasteiger charge is 2.39. The van der Waals surface area contributed by atoms with Crippen LogP contribution in [0.1, 0.15) is 20.7 Å². The molecule has 2 aromatic carbocycles. The molecule has 1 aliphatic heterocycles. The Morgan fingerprint density at radius 3 is 2.44 bits per heavy atom. The van der Waals surface area contributed by atoms with Gasteiger partial charge in [0, 0.05) is 22.3 Å². The number of carbonyl (C=O) groups excluding carboxylic acids is 2. The number of imide groups is 1. The molecular weight excluding hydrogens is 423 g/mol. The fraction of sp³-hybridized carbons (Fsp3) is 0.250. The van der Waals surface area contributed by atoms with Gasteiger partial charge in [-0.1, -0.05) is 12.1 Å². The maximum absolute atomic E-state index is 12.5. The highest BCUT2D eigenvalue weighted by Crippen LogP contribution is 2.38. The largest absolute Gasteiger partial charge is 0.470 e. The van der Waals surface area contributed by atoms with Gasteiger partial charge < -0.3 is 4.18 Å². The number of carbonyl (C=O) groups is 2. The first kappa shape index (κ1) is 20.3. The Hall–Kier alpha value is -1.40. The third kappa shape index (κ3) is 4.37. The number of thioether (sulfide) groups is 1. The van der Waals surface area contributed by atoms with Gasteiger partial charge in [0.25, 0.3) is 11.8 Å². The molecule has 144 valence electrons. The van der Waals surface area contributed by atoms with E-state index in [1.54, 1.807) is 18.2 Å². The van der Waals surface area contributed by atoms with Crippen LogP contribution in [-0.2, 0) is 8.47 Å². The van der Waals surface area contributed by atoms with Crippen LogP contribution in [0.3, 0.4) is 0 Å². The van der Waals surface area contributed by atoms with Crippen molar-refractivity contribution in [3.8, 4) is 0 Å². The molecule has 2 aromatic rings. The Balaban J connectivity index is 1.95. The van der Waals surface area contributed by atoms with Crippen molar-refractivity contribution >= 4 is 58.4 Å². The minimum Gasteiger partial charge on any atom is -0.315 e. The molecule has 1 aliphatic rings. The van der Waals surface area contributed by atoms with Gasteiger partial charge in [-0.3, -0.25) is 9.59 Å². The van der Waals surface area contributed by atoms with Gasteiger partial charge in [0.2, 0.25) is 0 Å². The van der Waals surface area contributed by atoms with Gasteiger partial charge in [-0.25, -0.2) is 0 Å². The van der Waals surface area contributed by atoms with Gasteiger partial charge in [0.05, 0.1) is 17.7 Å². The number of alkyl halides is 3. The van der Waals surface area contributed by atoms with E-state index in [4.69, 9.17) is 4.18 Å². The van der Waals surface area contributed by atoms with Crippen molar-refractivity contribution in [2.45, 2.75) is 10.4 Å². The monoisotopic (exact) mass is 435 g/mol. The first-order chi connectivity index (χ1) is 12.8. The van der Waals surface area contributed by atoms with E-state index >= 15 is 0 Å². The van der Waals surface area contributed by atoms with E-state index in [1.807, 2.05) is 6.26 Å². The average molecular weight is 435 g/mol. The summed E-state index contributed by atoms with van der Waals surface area (Å²) in [5.41, 5.74) is -4.51. The van der Waals surface area contributed by atoms with Crippen LogP contribution in [0.5, 0.6) is 0 Å². The summed E-state index contributed by atoms with van der Waals surface area (Å²) in [6.45, 7) is 0.517. The Morgan fingerprint density at radius 1 is 1.07 bits per heavy atom. The van der Waals surface area contributed by atoms with E-state index < -0.39 is 29.4 Å². The molecule has 2 amide bonds. The summed E-state index contributed by atoms with van der Waals surface area (Å²) >= 11 is 1.86. The van der Waals surface area contributed by atoms with E-state index in [-0.39, 0.29) is 16.2 Å². The van der Waals surface area contributed by atoms with Crippen molar-refractivity contribution in [3.63, 3.8) is 0 Å². The molecule has 0 saturated heterocycles. The maximum atomic E-state index is 12.5. The summed E-state index contributed by atoms with van der Waals surface area (Å²) in [6, 6.07) is 8.04. The van der Waals surface area contributed by atoms with Gasteiger partial charge in [-0.05, 0) is 35.6 Å². The van der Waals surface area contributed by atoms with Crippen LogP contribution in [0.25, 0.3) is 10.8 Å². The van der Waals surface area contributed by atoms with Crippen molar-refractivity contribution in [2.75, 3.05) is 18.6 Å². The number of benzene rings is 2. The molecule has 3 rings (SSSR count). The number of hydrogen-bond donors (Lipinski definition) is 0. The molecule has 0 N–H and O–H groups in total. The smallest absolute Gasteiger partial charge is 0.315 e. The summed E-state index contributed by atoms with van der Waals surface area (Å²) < 4.78 is 46.8. The fourth-order valence-corrected chi connectivity index (χ4v) is 4.12. The highest BCUT2D eigenvalue weighted by atomic mass is 32.2. The lowest BCUT2D eigenvalue weighted by atomic mass is 9.95. The molecule has 1 heterocycles. The topological polar surface area (TPSA) is 55.8 Å². The number of nitrogens with zero attached hydrogens (tertiary/aromatic N) is 1. The van der Waals surface area contributed by atoms with Crippen molar-refractivity contribution in [2.24, 2.45) is 0 Å². The molecule has 0 fully saturated rings. The third-order valence-corrected chi connectivity index (χ3v) is 5.43. The summed E-state index contributed by atoms with van der Waals surface area (Å²) in [7, 11) is 0. The van der Waals surface area contributed by atoms with Gasteiger partial charge in [-0.2, -0.15) is 17.5 Å². The first-order valence-corrected chi connectivity index (χ1v) is 10.4. The molecule has 5 nitrogen and oxygen atoms in total. The summed E-state index contributed by atoms with van der Waals surface area (Å²) in [5.74, 6) is -1.19. The zero-order valence-corrected chi connectivity index (χ0v) is 16.2. The predicted octanol–water partition coefficient (Wildman–Crippen LogP) is 4.92. The number of hydroxylamine groups is 2. The Labute approximate surface area is 165 Å². The van der Waals surface area contributed by atoms with E-state index in [9.17, 15) is 22.8 Å². The molecule has 27 heavy (non-hydrogen) atoms. The van der Waals surface area contributed by atoms with Crippen LogP contribution in [0.2, 0.25) is 0 Å². The molecule has 0 atom stereocenters. The first-order valence-electron chi connectivity index (χ1n) is 7.49. The molecule has 11 heteroatoms. The van der Waals surface area contributed by atoms with Crippen molar-refractivity contribution in [1.29, 1.82) is 0 Å². The Bertz CT molecular complexity index is 869. The zero-order valence-electron chi connectivity index (χ0n) is 13.7. The molecule has 0 aromatic heterocycles. The lowest BCUT2D eigenvalue weighted by Crippen LogP contribution is -2.39. The second-order valence-electron chi connectivity index (χ2n) is 5.18. The lowest BCUT2D eigenvalue weighted by Gasteiger charge is -2.25. The Morgan fingerprint density at radius 2 is 1.78 bits per heavy atom. The van der Waals surface area contributed by atoms with Gasteiger partial charge in [-0.15, -0.1) is 16.8 Å². The van der Waals surface area contributed by atoms with E-state index in [1.165, 1.54) is 35.9 Å². The number of halogens is 3. The van der Waals surface area contributed by atoms with E-state index in [0.717, 1.165) is 4.90 Å². The molecular formula is C16H12F3NO4S3. The standard InChI is InChI=1S/C16H12F3NO4S3/c1-25-23-7-8-26-12-6-5-11-13-9(12)3-2-4-10(13)14(21)20(15(11)22)24-27-16(17,18)19/h2-6H,7-8H2,1H3. The van der Waals surface area contributed by atoms with Crippen LogP contribution < -0.4 is 0 Å². The molecule has 0 radical (unpaired) electrons. The highest BCUT2D eigenvalue weighted by molar-refractivity contribution is 7.99. The number of rotatable bonds is 7. The summed E-state index contributed by atoms with van der Waals surface area (Å²) in [6.07, 6.45) is 1.81. The van der Waals surface area contributed by atoms with Crippen LogP contribution in [-0.4, -0.2) is 41.0 Å². The molecule has 0 saturated carbocycles. The van der Waals surface area contributed by atoms with E-state index in [0.29, 0.717) is 23.1 Å². The zero-order chi connectivity index (χ0) is 19.6. The molecule has 0 spiro atoms. The predicted molar refractivity (Wildman–Crippen MR) is 99.4 cm³/mol. The van der Waals surface area contributed by atoms with Gasteiger partial charge in [0.1, 0.15) is 12.0 Å². The number of hydrogen-bond acceptors (Lipinski definition) is 7. The Kier molecular flexibility index (Phi) is 6.26. The van der Waals surface area contributed by atoms with Gasteiger partial charge in [0.15, 0.2) is 0 Å². The average Bonchev–Trinajstić information content (AvgIpc) is 2.62. The normalized spacial score (nSPS) is 14.3. The van der Waals surface area contributed by atoms with Gasteiger partial charge >= 0.3 is 5.51 Å². The second-order valence-corrected chi connectivity index (χ2v) is 7.67. The molecule has 0 bridgehead atoms. The lowest BCUT2D eigenvalue weighted by molar-refractivity contribution is -0.0570. The number of amides is 2. The minimum atomic E-state index is -4.74.